The molecule has 2 nitrogen and oxygen atoms in total. The van der Waals surface area contributed by atoms with Gasteiger partial charge in [0.05, 0.1) is 0 Å². The number of nitrogens with zero attached hydrogens (tertiary/aromatic N) is 1. The summed E-state index contributed by atoms with van der Waals surface area (Å²) in [7, 11) is 0. The fraction of sp³-hybridized carbons (Fsp3) is 0.357. The van der Waals surface area contributed by atoms with Crippen LogP contribution in [0.3, 0.4) is 0 Å². The maximum atomic E-state index is 4.33. The van der Waals surface area contributed by atoms with Gasteiger partial charge in [-0.3, -0.25) is 0 Å². The largest absolute Gasteiger partial charge is 0.339 e. The van der Waals surface area contributed by atoms with Crippen LogP contribution < -0.4 is 10.6 Å². The van der Waals surface area contributed by atoms with Gasteiger partial charge in [0.1, 0.15) is 5.65 Å². The molecule has 2 heterocycles. The second-order valence-electron chi connectivity index (χ2n) is 4.25. The van der Waals surface area contributed by atoms with Crippen LogP contribution in [0, 0.1) is 11.8 Å². The smallest absolute Gasteiger partial charge is 0.138 e. The van der Waals surface area contributed by atoms with Crippen LogP contribution in [0.1, 0.15) is 21.7 Å². The van der Waals surface area contributed by atoms with E-state index in [-0.39, 0.29) is 1.43 Å². The van der Waals surface area contributed by atoms with Gasteiger partial charge in [-0.05, 0) is 30.4 Å². The zero-order valence-corrected chi connectivity index (χ0v) is 9.70. The van der Waals surface area contributed by atoms with Gasteiger partial charge >= 0.3 is 0 Å². The Morgan fingerprint density at radius 1 is 1.31 bits per heavy atom. The molecule has 2 atom stereocenters. The Morgan fingerprint density at radius 3 is 3.00 bits per heavy atom. The number of aromatic amines is 1. The van der Waals surface area contributed by atoms with Gasteiger partial charge in [0.2, 0.25) is 0 Å². The number of nitrogens with one attached hydrogen (secondary N) is 1. The van der Waals surface area contributed by atoms with Crippen LogP contribution in [0.5, 0.6) is 0 Å². The van der Waals surface area contributed by atoms with E-state index in [9.17, 15) is 0 Å². The minimum atomic E-state index is 0. The molecule has 0 aliphatic heterocycles. The van der Waals surface area contributed by atoms with Crippen molar-refractivity contribution in [3.8, 4) is 0 Å². The summed E-state index contributed by atoms with van der Waals surface area (Å²) >= 11 is 0. The third-order valence-corrected chi connectivity index (χ3v) is 3.29. The monoisotopic (exact) mass is 214 g/mol. The van der Waals surface area contributed by atoms with Gasteiger partial charge in [-0.25, -0.2) is 4.98 Å². The molecule has 2 aliphatic rings. The molecule has 0 spiro atoms. The van der Waals surface area contributed by atoms with Crippen LogP contribution in [0.2, 0.25) is 0 Å². The molecule has 1 N–H and O–H groups in total. The van der Waals surface area contributed by atoms with Gasteiger partial charge in [0, 0.05) is 23.6 Å². The average molecular weight is 214 g/mol. The highest BCUT2D eigenvalue weighted by Gasteiger charge is 2.35. The number of fused-ring (bicyclic) bond motifs is 4. The van der Waals surface area contributed by atoms with Crippen molar-refractivity contribution in [2.24, 2.45) is 11.8 Å². The number of aromatic nitrogens is 2. The van der Waals surface area contributed by atoms with Gasteiger partial charge < -0.3 is 4.98 Å². The lowest BCUT2D eigenvalue weighted by Gasteiger charge is -1.91. The molecule has 0 bridgehead atoms. The molecule has 1 fully saturated rings. The summed E-state index contributed by atoms with van der Waals surface area (Å²) in [6.45, 7) is 4.00. The number of hydrogen-bond acceptors (Lipinski definition) is 1. The molecule has 16 heavy (non-hydrogen) atoms. The van der Waals surface area contributed by atoms with Gasteiger partial charge in [-0.1, -0.05) is 26.0 Å². The van der Waals surface area contributed by atoms with E-state index in [2.05, 4.69) is 28.2 Å². The van der Waals surface area contributed by atoms with Gasteiger partial charge in [0.25, 0.3) is 0 Å². The fourth-order valence-electron chi connectivity index (χ4n) is 2.42. The summed E-state index contributed by atoms with van der Waals surface area (Å²) in [4.78, 5) is 7.71. The fourth-order valence-corrected chi connectivity index (χ4v) is 2.42. The number of H-pyrrole nitrogens is 1. The lowest BCUT2D eigenvalue weighted by atomic mass is 10.1. The maximum absolute atomic E-state index is 4.33. The SMILES string of the molecule is C1=c2[nH]c3ncccc3c2=CC2CC12.CC.[HH]. The first-order valence-corrected chi connectivity index (χ1v) is 6.08. The lowest BCUT2D eigenvalue weighted by Crippen LogP contribution is -2.25. The molecule has 0 aromatic carbocycles. The molecule has 2 unspecified atom stereocenters. The first-order chi connectivity index (χ1) is 7.92. The second kappa shape index (κ2) is 3.48. The molecule has 0 radical (unpaired) electrons. The first kappa shape index (κ1) is 9.64. The molecule has 2 aromatic heterocycles. The van der Waals surface area contributed by atoms with Crippen LogP contribution in [-0.2, 0) is 0 Å². The molecule has 2 aromatic rings. The molecule has 84 valence electrons. The van der Waals surface area contributed by atoms with Crippen molar-refractivity contribution >= 4 is 23.2 Å². The average Bonchev–Trinajstić information content (AvgIpc) is 3.01. The van der Waals surface area contributed by atoms with Crippen molar-refractivity contribution in [1.82, 2.24) is 9.97 Å². The summed E-state index contributed by atoms with van der Waals surface area (Å²) in [5.74, 6) is 1.61. The van der Waals surface area contributed by atoms with E-state index >= 15 is 0 Å². The third kappa shape index (κ3) is 1.29. The van der Waals surface area contributed by atoms with Crippen molar-refractivity contribution in [1.29, 1.82) is 0 Å². The number of rotatable bonds is 0. The Labute approximate surface area is 96.2 Å². The third-order valence-electron chi connectivity index (χ3n) is 3.29. The van der Waals surface area contributed by atoms with E-state index in [1.165, 1.54) is 22.4 Å². The van der Waals surface area contributed by atoms with Crippen molar-refractivity contribution in [3.05, 3.63) is 28.9 Å². The van der Waals surface area contributed by atoms with Gasteiger partial charge in [-0.2, -0.15) is 0 Å². The van der Waals surface area contributed by atoms with Gasteiger partial charge in [-0.15, -0.1) is 0 Å². The van der Waals surface area contributed by atoms with Crippen LogP contribution >= 0.6 is 0 Å². The van der Waals surface area contributed by atoms with Crippen molar-refractivity contribution in [2.45, 2.75) is 20.3 Å². The van der Waals surface area contributed by atoms with E-state index in [0.29, 0.717) is 0 Å². The molecule has 2 aliphatic carbocycles. The molecular weight excluding hydrogens is 196 g/mol. The van der Waals surface area contributed by atoms with Crippen LogP contribution in [0.4, 0.5) is 0 Å². The molecule has 2 heteroatoms. The van der Waals surface area contributed by atoms with Gasteiger partial charge in [0.15, 0.2) is 0 Å². The van der Waals surface area contributed by atoms with E-state index in [1.807, 2.05) is 26.1 Å². The van der Waals surface area contributed by atoms with E-state index in [0.717, 1.165) is 17.5 Å². The lowest BCUT2D eigenvalue weighted by molar-refractivity contribution is 1.05. The maximum Gasteiger partial charge on any atom is 0.138 e. The first-order valence-electron chi connectivity index (χ1n) is 6.08. The standard InChI is InChI=1S/C12H10N2.C2H6.H2/c1-2-9-10-5-7-4-8(7)6-11(10)14-12(9)13-3-1;1-2;/h1-3,5-8H,4H2,(H,13,14);1-2H3;1H. The van der Waals surface area contributed by atoms with Crippen LogP contribution in [-0.4, -0.2) is 9.97 Å². The van der Waals surface area contributed by atoms with E-state index in [1.54, 1.807) is 0 Å². The Morgan fingerprint density at radius 2 is 2.12 bits per heavy atom. The summed E-state index contributed by atoms with van der Waals surface area (Å²) in [6, 6.07) is 4.15. The summed E-state index contributed by atoms with van der Waals surface area (Å²) in [5.41, 5.74) is 1.02. The topological polar surface area (TPSA) is 28.7 Å². The Balaban J connectivity index is 0.000000344. The van der Waals surface area contributed by atoms with Crippen molar-refractivity contribution < 1.29 is 1.43 Å². The highest BCUT2D eigenvalue weighted by Crippen LogP contribution is 2.41. The molecule has 0 amide bonds. The van der Waals surface area contributed by atoms with Crippen LogP contribution in [0.25, 0.3) is 23.2 Å². The highest BCUT2D eigenvalue weighted by molar-refractivity contribution is 5.78. The molecule has 4 rings (SSSR count). The molecule has 1 saturated carbocycles. The highest BCUT2D eigenvalue weighted by atomic mass is 14.8. The normalized spacial score (nSPS) is 24.4. The predicted octanol–water partition coefficient (Wildman–Crippen LogP) is 2.05. The number of hydrogen-bond donors (Lipinski definition) is 1. The Kier molecular flexibility index (Phi) is 2.10. The predicted molar refractivity (Wildman–Crippen MR) is 69.3 cm³/mol. The second-order valence-corrected chi connectivity index (χ2v) is 4.25. The zero-order valence-electron chi connectivity index (χ0n) is 9.70. The minimum Gasteiger partial charge on any atom is -0.339 e. The Hall–Kier alpha value is -1.57. The van der Waals surface area contributed by atoms with Crippen molar-refractivity contribution in [3.63, 3.8) is 0 Å². The molecule has 0 saturated heterocycles. The number of pyridine rings is 1. The van der Waals surface area contributed by atoms with Crippen molar-refractivity contribution in [2.75, 3.05) is 0 Å². The summed E-state index contributed by atoms with van der Waals surface area (Å²) in [6.07, 6.45) is 7.94. The molecular formula is C14H18N2. The minimum absolute atomic E-state index is 0. The van der Waals surface area contributed by atoms with E-state index in [4.69, 9.17) is 0 Å². The quantitative estimate of drug-likeness (QED) is 0.714. The summed E-state index contributed by atoms with van der Waals surface area (Å²) in [5, 5.41) is 3.91. The summed E-state index contributed by atoms with van der Waals surface area (Å²) < 4.78 is 0. The zero-order chi connectivity index (χ0) is 11.1. The van der Waals surface area contributed by atoms with E-state index < -0.39 is 0 Å². The Bertz CT molecular complexity index is 642. The van der Waals surface area contributed by atoms with Crippen LogP contribution in [0.15, 0.2) is 18.3 Å².